The van der Waals surface area contributed by atoms with Crippen LogP contribution in [-0.2, 0) is 12.8 Å². The number of carboxylic acid groups (broad SMARTS) is 1. The molecule has 134 valence electrons. The normalized spacial score (nSPS) is 14.5. The average molecular weight is 354 g/mol. The van der Waals surface area contributed by atoms with Gasteiger partial charge in [-0.15, -0.1) is 0 Å². The van der Waals surface area contributed by atoms with E-state index in [4.69, 9.17) is 5.11 Å². The van der Waals surface area contributed by atoms with Crippen LogP contribution >= 0.6 is 0 Å². The molecule has 0 fully saturated rings. The van der Waals surface area contributed by atoms with E-state index >= 15 is 0 Å². The number of carbonyl (C=O) groups excluding carboxylic acids is 1. The van der Waals surface area contributed by atoms with Crippen LogP contribution in [0.2, 0.25) is 0 Å². The van der Waals surface area contributed by atoms with Crippen LogP contribution in [-0.4, -0.2) is 28.5 Å². The van der Waals surface area contributed by atoms with Crippen LogP contribution in [0.3, 0.4) is 0 Å². The Balaban J connectivity index is 1.75. The minimum absolute atomic E-state index is 0.0317. The van der Waals surface area contributed by atoms with E-state index in [1.165, 1.54) is 11.1 Å². The summed E-state index contributed by atoms with van der Waals surface area (Å²) >= 11 is 0. The molecule has 2 aromatic rings. The monoisotopic (exact) mass is 354 g/mol. The Morgan fingerprint density at radius 3 is 2.27 bits per heavy atom. The smallest absolute Gasteiger partial charge is 0.335 e. The van der Waals surface area contributed by atoms with E-state index in [0.29, 0.717) is 6.54 Å². The number of non-ortho nitro benzene ring substituents is 1. The van der Waals surface area contributed by atoms with Gasteiger partial charge in [-0.3, -0.25) is 14.9 Å². The van der Waals surface area contributed by atoms with Crippen LogP contribution in [0, 0.1) is 15.5 Å². The van der Waals surface area contributed by atoms with Gasteiger partial charge in [0, 0.05) is 24.2 Å². The lowest BCUT2D eigenvalue weighted by atomic mass is 9.87. The maximum absolute atomic E-state index is 12.4. The number of nitro benzene ring substituents is 1. The Morgan fingerprint density at radius 2 is 1.73 bits per heavy atom. The zero-order valence-corrected chi connectivity index (χ0v) is 14.2. The molecule has 1 amide bonds. The predicted molar refractivity (Wildman–Crippen MR) is 94.3 cm³/mol. The Kier molecular flexibility index (Phi) is 4.46. The van der Waals surface area contributed by atoms with Crippen molar-refractivity contribution in [3.8, 4) is 0 Å². The molecule has 0 saturated heterocycles. The molecule has 7 nitrogen and oxygen atoms in total. The van der Waals surface area contributed by atoms with Crippen LogP contribution < -0.4 is 5.32 Å². The number of fused-ring (bicyclic) bond motifs is 1. The molecule has 0 saturated carbocycles. The van der Waals surface area contributed by atoms with Gasteiger partial charge >= 0.3 is 5.97 Å². The van der Waals surface area contributed by atoms with E-state index in [1.54, 1.807) is 0 Å². The molecule has 0 atom stereocenters. The summed E-state index contributed by atoms with van der Waals surface area (Å²) in [6, 6.07) is 11.3. The van der Waals surface area contributed by atoms with Crippen LogP contribution in [0.25, 0.3) is 0 Å². The minimum atomic E-state index is -1.32. The quantitative estimate of drug-likeness (QED) is 0.634. The third-order valence-corrected chi connectivity index (χ3v) is 4.67. The van der Waals surface area contributed by atoms with Crippen LogP contribution in [0.4, 0.5) is 5.69 Å². The lowest BCUT2D eigenvalue weighted by molar-refractivity contribution is -0.384. The second-order valence-corrected chi connectivity index (χ2v) is 6.95. The molecule has 0 radical (unpaired) electrons. The van der Waals surface area contributed by atoms with Gasteiger partial charge in [0.15, 0.2) is 0 Å². The number of nitrogens with zero attached hydrogens (tertiary/aromatic N) is 1. The zero-order chi connectivity index (χ0) is 18.9. The van der Waals surface area contributed by atoms with Gasteiger partial charge in [-0.2, -0.15) is 0 Å². The highest BCUT2D eigenvalue weighted by Gasteiger charge is 2.33. The number of carboxylic acids is 1. The van der Waals surface area contributed by atoms with E-state index in [1.807, 2.05) is 12.1 Å². The molecule has 2 N–H and O–H groups in total. The van der Waals surface area contributed by atoms with E-state index in [2.05, 4.69) is 24.4 Å². The van der Waals surface area contributed by atoms with Crippen LogP contribution in [0.15, 0.2) is 42.5 Å². The molecular weight excluding hydrogens is 336 g/mol. The highest BCUT2D eigenvalue weighted by Crippen LogP contribution is 2.36. The van der Waals surface area contributed by atoms with Crippen molar-refractivity contribution < 1.29 is 19.6 Å². The molecule has 2 aromatic carbocycles. The van der Waals surface area contributed by atoms with Crippen molar-refractivity contribution in [1.29, 1.82) is 0 Å². The molecule has 1 aliphatic carbocycles. The fraction of sp³-hybridized carbons (Fsp3) is 0.263. The van der Waals surface area contributed by atoms with E-state index in [9.17, 15) is 19.7 Å². The van der Waals surface area contributed by atoms with E-state index in [0.717, 1.165) is 31.0 Å². The topological polar surface area (TPSA) is 110 Å². The highest BCUT2D eigenvalue weighted by molar-refractivity contribution is 5.98. The van der Waals surface area contributed by atoms with Crippen molar-refractivity contribution in [1.82, 2.24) is 5.32 Å². The van der Waals surface area contributed by atoms with Gasteiger partial charge in [-0.1, -0.05) is 31.2 Å². The van der Waals surface area contributed by atoms with Crippen molar-refractivity contribution in [3.63, 3.8) is 0 Å². The minimum Gasteiger partial charge on any atom is -0.478 e. The standard InChI is InChI=1S/C19H18N2O5/c1-19(9-12-4-2-3-5-13(12)10-19)11-20-17(22)14-6-15(18(23)24)8-16(7-14)21(25)26/h2-8H,9-11H2,1H3,(H,20,22)(H,23,24). The second-order valence-electron chi connectivity index (χ2n) is 6.95. The lowest BCUT2D eigenvalue weighted by Crippen LogP contribution is -2.36. The van der Waals surface area contributed by atoms with E-state index in [-0.39, 0.29) is 16.5 Å². The largest absolute Gasteiger partial charge is 0.478 e. The van der Waals surface area contributed by atoms with Gasteiger partial charge in [0.05, 0.1) is 10.5 Å². The highest BCUT2D eigenvalue weighted by atomic mass is 16.6. The predicted octanol–water partition coefficient (Wildman–Crippen LogP) is 2.83. The van der Waals surface area contributed by atoms with E-state index < -0.39 is 22.5 Å². The molecule has 0 spiro atoms. The fourth-order valence-electron chi connectivity index (χ4n) is 3.38. The third-order valence-electron chi connectivity index (χ3n) is 4.67. The second kappa shape index (κ2) is 6.59. The molecule has 1 aliphatic rings. The molecular formula is C19H18N2O5. The number of aromatic carboxylic acids is 1. The molecule has 0 aliphatic heterocycles. The summed E-state index contributed by atoms with van der Waals surface area (Å²) in [7, 11) is 0. The molecule has 0 aromatic heterocycles. The summed E-state index contributed by atoms with van der Waals surface area (Å²) in [6.07, 6.45) is 1.66. The van der Waals surface area contributed by atoms with Gasteiger partial charge in [0.25, 0.3) is 11.6 Å². The van der Waals surface area contributed by atoms with Crippen molar-refractivity contribution in [3.05, 3.63) is 74.8 Å². The first-order valence-electron chi connectivity index (χ1n) is 8.15. The fourth-order valence-corrected chi connectivity index (χ4v) is 3.38. The molecule has 7 heteroatoms. The Labute approximate surface area is 149 Å². The number of carbonyl (C=O) groups is 2. The van der Waals surface area contributed by atoms with Crippen molar-refractivity contribution in [2.75, 3.05) is 6.54 Å². The summed E-state index contributed by atoms with van der Waals surface area (Å²) in [4.78, 5) is 33.8. The molecule has 26 heavy (non-hydrogen) atoms. The number of amides is 1. The van der Waals surface area contributed by atoms with Crippen molar-refractivity contribution >= 4 is 17.6 Å². The number of nitrogens with one attached hydrogen (secondary N) is 1. The Morgan fingerprint density at radius 1 is 1.15 bits per heavy atom. The molecule has 3 rings (SSSR count). The summed E-state index contributed by atoms with van der Waals surface area (Å²) < 4.78 is 0. The first-order valence-corrected chi connectivity index (χ1v) is 8.15. The Bertz CT molecular complexity index is 849. The number of rotatable bonds is 5. The first-order chi connectivity index (χ1) is 12.3. The van der Waals surface area contributed by atoms with Crippen molar-refractivity contribution in [2.45, 2.75) is 19.8 Å². The SMILES string of the molecule is CC1(CNC(=O)c2cc(C(=O)O)cc([N+](=O)[O-])c2)Cc2ccccc2C1. The lowest BCUT2D eigenvalue weighted by Gasteiger charge is -2.24. The van der Waals surface area contributed by atoms with Gasteiger partial charge in [0.1, 0.15) is 0 Å². The van der Waals surface area contributed by atoms with Crippen LogP contribution in [0.5, 0.6) is 0 Å². The van der Waals surface area contributed by atoms with Crippen LogP contribution in [0.1, 0.15) is 38.8 Å². The number of benzene rings is 2. The maximum Gasteiger partial charge on any atom is 0.335 e. The van der Waals surface area contributed by atoms with Gasteiger partial charge in [-0.25, -0.2) is 4.79 Å². The average Bonchev–Trinajstić information content (AvgIpc) is 2.95. The van der Waals surface area contributed by atoms with Gasteiger partial charge in [0.2, 0.25) is 0 Å². The maximum atomic E-state index is 12.4. The Hall–Kier alpha value is -3.22. The number of hydrogen-bond donors (Lipinski definition) is 2. The van der Waals surface area contributed by atoms with Gasteiger partial charge < -0.3 is 10.4 Å². The summed E-state index contributed by atoms with van der Waals surface area (Å²) in [5.41, 5.74) is 1.63. The summed E-state index contributed by atoms with van der Waals surface area (Å²) in [5, 5.41) is 22.9. The summed E-state index contributed by atoms with van der Waals surface area (Å²) in [5.74, 6) is -1.84. The summed E-state index contributed by atoms with van der Waals surface area (Å²) in [6.45, 7) is 2.47. The number of hydrogen-bond acceptors (Lipinski definition) is 4. The number of nitro groups is 1. The zero-order valence-electron chi connectivity index (χ0n) is 14.2. The molecule has 0 bridgehead atoms. The molecule has 0 heterocycles. The van der Waals surface area contributed by atoms with Crippen molar-refractivity contribution in [2.24, 2.45) is 5.41 Å². The van der Waals surface area contributed by atoms with Gasteiger partial charge in [-0.05, 0) is 35.4 Å². The first kappa shape index (κ1) is 17.6. The molecule has 0 unspecified atom stereocenters. The third kappa shape index (κ3) is 3.56.